The molecule has 3 rings (SSSR count). The highest BCUT2D eigenvalue weighted by molar-refractivity contribution is 8.00. The Morgan fingerprint density at radius 2 is 2.11 bits per heavy atom. The maximum atomic E-state index is 4.60. The zero-order valence-corrected chi connectivity index (χ0v) is 12.3. The van der Waals surface area contributed by atoms with E-state index >= 15 is 0 Å². The second-order valence-corrected chi connectivity index (χ2v) is 6.87. The van der Waals surface area contributed by atoms with E-state index in [1.807, 2.05) is 0 Å². The quantitative estimate of drug-likeness (QED) is 0.778. The van der Waals surface area contributed by atoms with Crippen LogP contribution in [0.2, 0.25) is 0 Å². The smallest absolute Gasteiger partial charge is 0.170 e. The van der Waals surface area contributed by atoms with Gasteiger partial charge in [0, 0.05) is 11.7 Å². The Hall–Kier alpha value is -0.870. The Labute approximate surface area is 116 Å². The molecule has 94 valence electrons. The lowest BCUT2D eigenvalue weighted by molar-refractivity contribution is 0.958. The topological polar surface area (TPSA) is 25.8 Å². The van der Waals surface area contributed by atoms with Crippen molar-refractivity contribution in [2.24, 2.45) is 0 Å². The molecule has 2 nitrogen and oxygen atoms in total. The zero-order chi connectivity index (χ0) is 12.5. The highest BCUT2D eigenvalue weighted by atomic mass is 32.2. The van der Waals surface area contributed by atoms with E-state index < -0.39 is 0 Å². The third-order valence-corrected chi connectivity index (χ3v) is 5.22. The molecule has 0 unspecified atom stereocenters. The lowest BCUT2D eigenvalue weighted by Crippen LogP contribution is -1.86. The first-order chi connectivity index (χ1) is 8.72. The van der Waals surface area contributed by atoms with Gasteiger partial charge < -0.3 is 0 Å². The first-order valence-corrected chi connectivity index (χ1v) is 8.01. The summed E-state index contributed by atoms with van der Waals surface area (Å²) in [7, 11) is 0. The second kappa shape index (κ2) is 5.02. The van der Waals surface area contributed by atoms with E-state index in [0.29, 0.717) is 5.92 Å². The molecule has 0 radical (unpaired) electrons. The summed E-state index contributed by atoms with van der Waals surface area (Å²) < 4.78 is 5.54. The van der Waals surface area contributed by atoms with Gasteiger partial charge in [-0.3, -0.25) is 0 Å². The lowest BCUT2D eigenvalue weighted by Gasteiger charge is -2.03. The highest BCUT2D eigenvalue weighted by Gasteiger charge is 2.27. The molecule has 0 spiro atoms. The molecular formula is C14H16N2S2. The predicted molar refractivity (Wildman–Crippen MR) is 77.4 cm³/mol. The van der Waals surface area contributed by atoms with Gasteiger partial charge in [0.1, 0.15) is 5.82 Å². The molecule has 1 saturated carbocycles. The number of benzene rings is 1. The SMILES string of the molecule is Cc1ccc(CSc2nc(C3CC3)ns2)cc1C. The van der Waals surface area contributed by atoms with Gasteiger partial charge in [-0.25, -0.2) is 4.98 Å². The van der Waals surface area contributed by atoms with E-state index in [-0.39, 0.29) is 0 Å². The van der Waals surface area contributed by atoms with Gasteiger partial charge in [0.15, 0.2) is 4.34 Å². The van der Waals surface area contributed by atoms with Gasteiger partial charge in [0.05, 0.1) is 0 Å². The number of thioether (sulfide) groups is 1. The first-order valence-electron chi connectivity index (χ1n) is 6.25. The molecule has 0 amide bonds. The predicted octanol–water partition coefficient (Wildman–Crippen LogP) is 4.32. The summed E-state index contributed by atoms with van der Waals surface area (Å²) >= 11 is 3.35. The molecular weight excluding hydrogens is 260 g/mol. The van der Waals surface area contributed by atoms with Crippen LogP contribution < -0.4 is 0 Å². The summed E-state index contributed by atoms with van der Waals surface area (Å²) in [5, 5.41) is 0. The minimum Gasteiger partial charge on any atom is -0.213 e. The third-order valence-electron chi connectivity index (χ3n) is 3.30. The van der Waals surface area contributed by atoms with Crippen molar-refractivity contribution in [3.8, 4) is 0 Å². The largest absolute Gasteiger partial charge is 0.213 e. The fourth-order valence-corrected chi connectivity index (χ4v) is 3.45. The van der Waals surface area contributed by atoms with Gasteiger partial charge in [-0.05, 0) is 54.9 Å². The van der Waals surface area contributed by atoms with Crippen molar-refractivity contribution in [2.45, 2.75) is 42.7 Å². The van der Waals surface area contributed by atoms with E-state index in [1.165, 1.54) is 29.5 Å². The number of nitrogens with zero attached hydrogens (tertiary/aromatic N) is 2. The van der Waals surface area contributed by atoms with Crippen LogP contribution in [0.5, 0.6) is 0 Å². The van der Waals surface area contributed by atoms with Gasteiger partial charge in [0.2, 0.25) is 0 Å². The van der Waals surface area contributed by atoms with Gasteiger partial charge in [-0.2, -0.15) is 4.37 Å². The molecule has 18 heavy (non-hydrogen) atoms. The Morgan fingerprint density at radius 1 is 1.28 bits per heavy atom. The Balaban J connectivity index is 1.63. The van der Waals surface area contributed by atoms with Crippen LogP contribution >= 0.6 is 23.3 Å². The van der Waals surface area contributed by atoms with Crippen molar-refractivity contribution in [1.82, 2.24) is 9.36 Å². The molecule has 0 bridgehead atoms. The molecule has 1 aromatic heterocycles. The van der Waals surface area contributed by atoms with E-state index in [1.54, 1.807) is 23.3 Å². The van der Waals surface area contributed by atoms with Gasteiger partial charge in [0.25, 0.3) is 0 Å². The normalized spacial score (nSPS) is 15.0. The van der Waals surface area contributed by atoms with Gasteiger partial charge in [-0.15, -0.1) is 0 Å². The van der Waals surface area contributed by atoms with E-state index in [2.05, 4.69) is 41.4 Å². The number of rotatable bonds is 4. The van der Waals surface area contributed by atoms with Crippen molar-refractivity contribution in [3.63, 3.8) is 0 Å². The Morgan fingerprint density at radius 3 is 2.83 bits per heavy atom. The summed E-state index contributed by atoms with van der Waals surface area (Å²) in [6.45, 7) is 4.32. The maximum absolute atomic E-state index is 4.60. The van der Waals surface area contributed by atoms with Crippen molar-refractivity contribution >= 4 is 23.3 Å². The minimum absolute atomic E-state index is 0.664. The third kappa shape index (κ3) is 2.75. The van der Waals surface area contributed by atoms with Gasteiger partial charge >= 0.3 is 0 Å². The molecule has 1 heterocycles. The summed E-state index contributed by atoms with van der Waals surface area (Å²) in [6, 6.07) is 6.67. The number of hydrogen-bond acceptors (Lipinski definition) is 4. The van der Waals surface area contributed by atoms with Crippen LogP contribution in [-0.4, -0.2) is 9.36 Å². The van der Waals surface area contributed by atoms with Crippen molar-refractivity contribution in [1.29, 1.82) is 0 Å². The van der Waals surface area contributed by atoms with Crippen LogP contribution in [0.3, 0.4) is 0 Å². The highest BCUT2D eigenvalue weighted by Crippen LogP contribution is 2.40. The molecule has 0 saturated heterocycles. The molecule has 2 aromatic rings. The standard InChI is InChI=1S/C14H16N2S2/c1-9-3-4-11(7-10(9)2)8-17-14-15-13(16-18-14)12-5-6-12/h3-4,7,12H,5-6,8H2,1-2H3. The maximum Gasteiger partial charge on any atom is 0.170 e. The van der Waals surface area contributed by atoms with Crippen molar-refractivity contribution in [2.75, 3.05) is 0 Å². The first kappa shape index (κ1) is 12.2. The van der Waals surface area contributed by atoms with Crippen molar-refractivity contribution in [3.05, 3.63) is 40.7 Å². The molecule has 1 aliphatic carbocycles. The molecule has 1 fully saturated rings. The summed E-state index contributed by atoms with van der Waals surface area (Å²) in [5.74, 6) is 2.72. The summed E-state index contributed by atoms with van der Waals surface area (Å²) in [4.78, 5) is 4.60. The van der Waals surface area contributed by atoms with Crippen LogP contribution in [0, 0.1) is 13.8 Å². The molecule has 0 aliphatic heterocycles. The number of hydrogen-bond donors (Lipinski definition) is 0. The average Bonchev–Trinajstić information content (AvgIpc) is 3.11. The average molecular weight is 276 g/mol. The fraction of sp³-hybridized carbons (Fsp3) is 0.429. The van der Waals surface area contributed by atoms with E-state index in [4.69, 9.17) is 0 Å². The fourth-order valence-electron chi connectivity index (χ4n) is 1.82. The Bertz CT molecular complexity index is 559. The van der Waals surface area contributed by atoms with Crippen LogP contribution in [0.4, 0.5) is 0 Å². The van der Waals surface area contributed by atoms with Crippen LogP contribution in [-0.2, 0) is 5.75 Å². The zero-order valence-electron chi connectivity index (χ0n) is 10.6. The van der Waals surface area contributed by atoms with E-state index in [9.17, 15) is 0 Å². The Kier molecular flexibility index (Phi) is 3.39. The molecule has 0 atom stereocenters. The number of aryl methyl sites for hydroxylation is 2. The molecule has 4 heteroatoms. The number of aromatic nitrogens is 2. The molecule has 0 N–H and O–H groups in total. The van der Waals surface area contributed by atoms with E-state index in [0.717, 1.165) is 15.9 Å². The summed E-state index contributed by atoms with van der Waals surface area (Å²) in [6.07, 6.45) is 2.55. The second-order valence-electron chi connectivity index (χ2n) is 4.90. The van der Waals surface area contributed by atoms with Crippen LogP contribution in [0.25, 0.3) is 0 Å². The minimum atomic E-state index is 0.664. The molecule has 1 aliphatic rings. The van der Waals surface area contributed by atoms with Gasteiger partial charge in [-0.1, -0.05) is 30.0 Å². The van der Waals surface area contributed by atoms with Crippen molar-refractivity contribution < 1.29 is 0 Å². The van der Waals surface area contributed by atoms with Crippen LogP contribution in [0.1, 0.15) is 41.3 Å². The molecule has 1 aromatic carbocycles. The lowest BCUT2D eigenvalue weighted by atomic mass is 10.1. The summed E-state index contributed by atoms with van der Waals surface area (Å²) in [5.41, 5.74) is 4.09. The monoisotopic (exact) mass is 276 g/mol. The van der Waals surface area contributed by atoms with Crippen LogP contribution in [0.15, 0.2) is 22.5 Å².